The summed E-state index contributed by atoms with van der Waals surface area (Å²) in [6.45, 7) is 2.48. The number of fused-ring (bicyclic) bond motifs is 1. The Bertz CT molecular complexity index is 652. The minimum absolute atomic E-state index is 0.240. The summed E-state index contributed by atoms with van der Waals surface area (Å²) < 4.78 is 2.70. The number of hydrogen-bond acceptors (Lipinski definition) is 2. The molecule has 1 amide bonds. The van der Waals surface area contributed by atoms with Crippen LogP contribution in [-0.4, -0.2) is 33.4 Å². The molecule has 0 bridgehead atoms. The van der Waals surface area contributed by atoms with E-state index in [2.05, 4.69) is 4.98 Å². The number of aryl methyl sites for hydroxylation is 1. The Balaban J connectivity index is 1.76. The number of carbonyl (C=O) groups is 1. The lowest BCUT2D eigenvalue weighted by molar-refractivity contribution is -0.130. The van der Waals surface area contributed by atoms with Gasteiger partial charge in [-0.1, -0.05) is 12.1 Å². The number of aromatic nitrogens is 2. The minimum atomic E-state index is 0.240. The minimum Gasteiger partial charge on any atom is -0.343 e. The van der Waals surface area contributed by atoms with Crippen molar-refractivity contribution in [3.05, 3.63) is 29.0 Å². The molecule has 0 spiro atoms. The van der Waals surface area contributed by atoms with Gasteiger partial charge in [0, 0.05) is 26.1 Å². The van der Waals surface area contributed by atoms with Gasteiger partial charge in [-0.05, 0) is 37.2 Å². The van der Waals surface area contributed by atoms with Crippen LogP contribution >= 0.6 is 12.2 Å². The molecule has 4 nitrogen and oxygen atoms in total. The first-order valence-electron chi connectivity index (χ1n) is 6.71. The number of hydrogen-bond donors (Lipinski definition) is 1. The van der Waals surface area contributed by atoms with E-state index in [-0.39, 0.29) is 5.91 Å². The predicted molar refractivity (Wildman–Crippen MR) is 77.6 cm³/mol. The third-order valence-electron chi connectivity index (χ3n) is 3.69. The molecular formula is C14H17N3OS. The zero-order chi connectivity index (χ0) is 13.2. The molecule has 5 heteroatoms. The average molecular weight is 275 g/mol. The standard InChI is InChI=1S/C14H17N3OS/c18-13(16-8-3-4-9-16)7-10-17-12-6-2-1-5-11(12)15-14(17)19/h1-2,5-6H,3-4,7-10H2,(H,15,19). The average Bonchev–Trinajstić information content (AvgIpc) is 3.03. The number of aromatic amines is 1. The van der Waals surface area contributed by atoms with Gasteiger partial charge in [-0.3, -0.25) is 4.79 Å². The predicted octanol–water partition coefficient (Wildman–Crippen LogP) is 2.71. The lowest BCUT2D eigenvalue weighted by Crippen LogP contribution is -2.28. The van der Waals surface area contributed by atoms with Crippen LogP contribution < -0.4 is 0 Å². The highest BCUT2D eigenvalue weighted by atomic mass is 32.1. The van der Waals surface area contributed by atoms with Crippen molar-refractivity contribution in [3.63, 3.8) is 0 Å². The highest BCUT2D eigenvalue weighted by Crippen LogP contribution is 2.15. The summed E-state index contributed by atoms with van der Waals surface area (Å²) in [5.41, 5.74) is 2.10. The summed E-state index contributed by atoms with van der Waals surface area (Å²) in [6, 6.07) is 8.00. The van der Waals surface area contributed by atoms with E-state index < -0.39 is 0 Å². The fourth-order valence-electron chi connectivity index (χ4n) is 2.66. The molecule has 2 aromatic rings. The van der Waals surface area contributed by atoms with Crippen LogP contribution in [0.15, 0.2) is 24.3 Å². The number of rotatable bonds is 3. The zero-order valence-corrected chi connectivity index (χ0v) is 11.6. The van der Waals surface area contributed by atoms with E-state index in [1.807, 2.05) is 33.7 Å². The van der Waals surface area contributed by atoms with Crippen LogP contribution in [0.2, 0.25) is 0 Å². The number of imidazole rings is 1. The Morgan fingerprint density at radius 1 is 1.26 bits per heavy atom. The van der Waals surface area contributed by atoms with Gasteiger partial charge in [0.2, 0.25) is 5.91 Å². The van der Waals surface area contributed by atoms with Crippen molar-refractivity contribution < 1.29 is 4.79 Å². The van der Waals surface area contributed by atoms with Crippen LogP contribution in [0.3, 0.4) is 0 Å². The van der Waals surface area contributed by atoms with Crippen molar-refractivity contribution >= 4 is 29.2 Å². The quantitative estimate of drug-likeness (QED) is 0.875. The van der Waals surface area contributed by atoms with E-state index in [1.54, 1.807) is 0 Å². The normalized spacial score (nSPS) is 15.3. The van der Waals surface area contributed by atoms with Crippen LogP contribution in [-0.2, 0) is 11.3 Å². The lowest BCUT2D eigenvalue weighted by atomic mass is 10.3. The highest BCUT2D eigenvalue weighted by molar-refractivity contribution is 7.71. The summed E-state index contributed by atoms with van der Waals surface area (Å²) in [7, 11) is 0. The molecule has 0 atom stereocenters. The second-order valence-electron chi connectivity index (χ2n) is 4.94. The van der Waals surface area contributed by atoms with Crippen LogP contribution in [0.4, 0.5) is 0 Å². The molecule has 2 heterocycles. The molecular weight excluding hydrogens is 258 g/mol. The van der Waals surface area contributed by atoms with Crippen molar-refractivity contribution in [3.8, 4) is 0 Å². The maximum absolute atomic E-state index is 12.1. The van der Waals surface area contributed by atoms with E-state index in [0.29, 0.717) is 17.7 Å². The number of nitrogens with zero attached hydrogens (tertiary/aromatic N) is 2. The van der Waals surface area contributed by atoms with E-state index >= 15 is 0 Å². The summed E-state index contributed by atoms with van der Waals surface area (Å²) >= 11 is 5.32. The number of nitrogens with one attached hydrogen (secondary N) is 1. The highest BCUT2D eigenvalue weighted by Gasteiger charge is 2.17. The second kappa shape index (κ2) is 5.17. The molecule has 0 unspecified atom stereocenters. The molecule has 1 aliphatic heterocycles. The van der Waals surface area contributed by atoms with Gasteiger partial charge in [-0.15, -0.1) is 0 Å². The SMILES string of the molecule is O=C(CCn1c(=S)[nH]c2ccccc21)N1CCCC1. The number of H-pyrrole nitrogens is 1. The maximum Gasteiger partial charge on any atom is 0.224 e. The summed E-state index contributed by atoms with van der Waals surface area (Å²) in [4.78, 5) is 17.2. The number of para-hydroxylation sites is 2. The van der Waals surface area contributed by atoms with Crippen LogP contribution in [0.5, 0.6) is 0 Å². The van der Waals surface area contributed by atoms with Gasteiger partial charge < -0.3 is 14.5 Å². The topological polar surface area (TPSA) is 41.0 Å². The molecule has 1 N–H and O–H groups in total. The van der Waals surface area contributed by atoms with Gasteiger partial charge in [0.15, 0.2) is 4.77 Å². The molecule has 3 rings (SSSR count). The summed E-state index contributed by atoms with van der Waals surface area (Å²) in [6.07, 6.45) is 2.80. The van der Waals surface area contributed by atoms with Gasteiger partial charge in [-0.2, -0.15) is 0 Å². The Kier molecular flexibility index (Phi) is 3.38. The van der Waals surface area contributed by atoms with Crippen molar-refractivity contribution in [1.82, 2.24) is 14.5 Å². The van der Waals surface area contributed by atoms with Crippen molar-refractivity contribution in [2.75, 3.05) is 13.1 Å². The number of benzene rings is 1. The summed E-state index contributed by atoms with van der Waals surface area (Å²) in [5, 5.41) is 0. The Morgan fingerprint density at radius 3 is 2.79 bits per heavy atom. The van der Waals surface area contributed by atoms with Crippen molar-refractivity contribution in [2.24, 2.45) is 0 Å². The Labute approximate surface area is 117 Å². The van der Waals surface area contributed by atoms with Crippen molar-refractivity contribution in [2.45, 2.75) is 25.8 Å². The number of amides is 1. The smallest absolute Gasteiger partial charge is 0.224 e. The first kappa shape index (κ1) is 12.4. The molecule has 1 aromatic heterocycles. The second-order valence-corrected chi connectivity index (χ2v) is 5.32. The molecule has 1 saturated heterocycles. The van der Waals surface area contributed by atoms with Gasteiger partial charge in [0.25, 0.3) is 0 Å². The maximum atomic E-state index is 12.1. The van der Waals surface area contributed by atoms with Gasteiger partial charge >= 0.3 is 0 Å². The van der Waals surface area contributed by atoms with Gasteiger partial charge in [0.1, 0.15) is 0 Å². The van der Waals surface area contributed by atoms with E-state index in [9.17, 15) is 4.79 Å². The van der Waals surface area contributed by atoms with E-state index in [0.717, 1.165) is 37.0 Å². The molecule has 19 heavy (non-hydrogen) atoms. The van der Waals surface area contributed by atoms with Crippen LogP contribution in [0, 0.1) is 4.77 Å². The largest absolute Gasteiger partial charge is 0.343 e. The van der Waals surface area contributed by atoms with E-state index in [1.165, 1.54) is 0 Å². The third kappa shape index (κ3) is 2.42. The van der Waals surface area contributed by atoms with Gasteiger partial charge in [0.05, 0.1) is 11.0 Å². The third-order valence-corrected chi connectivity index (χ3v) is 4.01. The van der Waals surface area contributed by atoms with Crippen LogP contribution in [0.25, 0.3) is 11.0 Å². The molecule has 1 aromatic carbocycles. The molecule has 0 aliphatic carbocycles. The first-order valence-corrected chi connectivity index (χ1v) is 7.12. The zero-order valence-electron chi connectivity index (χ0n) is 10.8. The number of likely N-dealkylation sites (tertiary alicyclic amines) is 1. The monoisotopic (exact) mass is 275 g/mol. The fourth-order valence-corrected chi connectivity index (χ4v) is 2.96. The van der Waals surface area contributed by atoms with Gasteiger partial charge in [-0.25, -0.2) is 0 Å². The van der Waals surface area contributed by atoms with Crippen molar-refractivity contribution in [1.29, 1.82) is 0 Å². The van der Waals surface area contributed by atoms with Crippen LogP contribution in [0.1, 0.15) is 19.3 Å². The number of carbonyl (C=O) groups excluding carboxylic acids is 1. The lowest BCUT2D eigenvalue weighted by Gasteiger charge is -2.15. The molecule has 1 aliphatic rings. The van der Waals surface area contributed by atoms with E-state index in [4.69, 9.17) is 12.2 Å². The fraction of sp³-hybridized carbons (Fsp3) is 0.429. The molecule has 100 valence electrons. The first-order chi connectivity index (χ1) is 9.25. The molecule has 0 radical (unpaired) electrons. The Morgan fingerprint density at radius 2 is 2.00 bits per heavy atom. The Hall–Kier alpha value is -1.62. The summed E-state index contributed by atoms with van der Waals surface area (Å²) in [5.74, 6) is 0.240. The molecule has 0 saturated carbocycles. The molecule has 1 fully saturated rings.